The first-order valence-electron chi connectivity index (χ1n) is 5.80. The largest absolute Gasteiger partial charge is 0.300 e. The average molecular weight is 217 g/mol. The topological polar surface area (TPSA) is 17.1 Å². The number of rotatable bonds is 5. The van der Waals surface area contributed by atoms with Crippen LogP contribution in [0.2, 0.25) is 0 Å². The van der Waals surface area contributed by atoms with Crippen molar-refractivity contribution in [1.29, 1.82) is 0 Å². The average Bonchev–Trinajstić information content (AvgIpc) is 2.18. The van der Waals surface area contributed by atoms with E-state index < -0.39 is 0 Å². The van der Waals surface area contributed by atoms with Gasteiger partial charge in [0.1, 0.15) is 5.78 Å². The summed E-state index contributed by atoms with van der Waals surface area (Å²) >= 11 is 5.71. The fourth-order valence-corrected chi connectivity index (χ4v) is 2.71. The maximum atomic E-state index is 11.3. The molecule has 0 aromatic rings. The van der Waals surface area contributed by atoms with Crippen molar-refractivity contribution in [2.75, 3.05) is 5.88 Å². The molecule has 1 aliphatic rings. The highest BCUT2D eigenvalue weighted by Gasteiger charge is 2.21. The van der Waals surface area contributed by atoms with E-state index in [-0.39, 0.29) is 5.92 Å². The quantitative estimate of drug-likeness (QED) is 0.639. The van der Waals surface area contributed by atoms with Crippen molar-refractivity contribution in [2.24, 2.45) is 11.8 Å². The summed E-state index contributed by atoms with van der Waals surface area (Å²) in [6.07, 6.45) is 8.71. The molecule has 1 fully saturated rings. The van der Waals surface area contributed by atoms with Crippen molar-refractivity contribution in [2.45, 2.75) is 51.9 Å². The third-order valence-corrected chi connectivity index (χ3v) is 3.59. The van der Waals surface area contributed by atoms with Gasteiger partial charge in [-0.25, -0.2) is 0 Å². The zero-order valence-electron chi connectivity index (χ0n) is 9.10. The second kappa shape index (κ2) is 6.44. The number of Topliss-reactive ketones (excluding diaryl/α,β-unsaturated/α-hetero) is 1. The monoisotopic (exact) mass is 216 g/mol. The minimum atomic E-state index is 0.232. The van der Waals surface area contributed by atoms with Crippen LogP contribution in [0.5, 0.6) is 0 Å². The molecule has 1 unspecified atom stereocenters. The summed E-state index contributed by atoms with van der Waals surface area (Å²) in [6.45, 7) is 1.71. The molecule has 0 saturated heterocycles. The van der Waals surface area contributed by atoms with E-state index in [0.29, 0.717) is 11.7 Å². The molecule has 0 aliphatic heterocycles. The lowest BCUT2D eigenvalue weighted by molar-refractivity contribution is -0.121. The molecule has 1 saturated carbocycles. The second-order valence-corrected chi connectivity index (χ2v) is 4.90. The highest BCUT2D eigenvalue weighted by atomic mass is 35.5. The van der Waals surface area contributed by atoms with Crippen molar-refractivity contribution < 1.29 is 4.79 Å². The van der Waals surface area contributed by atoms with Gasteiger partial charge in [0.05, 0.1) is 0 Å². The van der Waals surface area contributed by atoms with E-state index in [1.165, 1.54) is 32.1 Å². The van der Waals surface area contributed by atoms with Crippen LogP contribution in [0, 0.1) is 11.8 Å². The van der Waals surface area contributed by atoms with Crippen LogP contribution in [0.15, 0.2) is 0 Å². The molecule has 82 valence electrons. The zero-order valence-corrected chi connectivity index (χ0v) is 9.85. The maximum absolute atomic E-state index is 11.3. The Morgan fingerprint density at radius 1 is 1.36 bits per heavy atom. The smallest absolute Gasteiger partial charge is 0.132 e. The van der Waals surface area contributed by atoms with E-state index in [2.05, 4.69) is 0 Å². The number of alkyl halides is 1. The van der Waals surface area contributed by atoms with Gasteiger partial charge in [0.2, 0.25) is 0 Å². The van der Waals surface area contributed by atoms with Crippen LogP contribution < -0.4 is 0 Å². The van der Waals surface area contributed by atoms with E-state index in [1.54, 1.807) is 6.92 Å². The molecule has 0 amide bonds. The van der Waals surface area contributed by atoms with Gasteiger partial charge in [-0.15, -0.1) is 11.6 Å². The summed E-state index contributed by atoms with van der Waals surface area (Å²) in [5.41, 5.74) is 0. The molecule has 0 N–H and O–H groups in total. The van der Waals surface area contributed by atoms with Gasteiger partial charge < -0.3 is 0 Å². The highest BCUT2D eigenvalue weighted by Crippen LogP contribution is 2.30. The van der Waals surface area contributed by atoms with E-state index in [0.717, 1.165) is 18.8 Å². The first-order chi connectivity index (χ1) is 6.74. The molecule has 2 heteroatoms. The fraction of sp³-hybridized carbons (Fsp3) is 0.917. The molecule has 1 aliphatic carbocycles. The number of ketones is 1. The van der Waals surface area contributed by atoms with Gasteiger partial charge in [-0.3, -0.25) is 4.79 Å². The Kier molecular flexibility index (Phi) is 5.54. The first kappa shape index (κ1) is 12.0. The molecule has 0 aromatic heterocycles. The predicted octanol–water partition coefficient (Wildman–Crippen LogP) is 3.79. The van der Waals surface area contributed by atoms with Crippen molar-refractivity contribution in [3.05, 3.63) is 0 Å². The number of carbonyl (C=O) groups is 1. The van der Waals surface area contributed by atoms with Gasteiger partial charge in [0.25, 0.3) is 0 Å². The van der Waals surface area contributed by atoms with E-state index in [4.69, 9.17) is 11.6 Å². The van der Waals surface area contributed by atoms with Gasteiger partial charge >= 0.3 is 0 Å². The fourth-order valence-electron chi connectivity index (χ4n) is 2.44. The standard InChI is InChI=1S/C12H21ClO/c1-10(14)12(7-8-13)9-11-5-3-2-4-6-11/h11-12H,2-9H2,1H3. The Hall–Kier alpha value is -0.0400. The molecular formula is C12H21ClO. The van der Waals surface area contributed by atoms with Crippen molar-refractivity contribution in [3.8, 4) is 0 Å². The van der Waals surface area contributed by atoms with E-state index >= 15 is 0 Å². The Morgan fingerprint density at radius 2 is 2.00 bits per heavy atom. The van der Waals surface area contributed by atoms with E-state index in [1.807, 2.05) is 0 Å². The normalized spacial score (nSPS) is 20.7. The molecule has 0 spiro atoms. The number of hydrogen-bond acceptors (Lipinski definition) is 1. The van der Waals surface area contributed by atoms with Gasteiger partial charge in [-0.1, -0.05) is 32.1 Å². The van der Waals surface area contributed by atoms with Crippen molar-refractivity contribution >= 4 is 17.4 Å². The molecule has 0 aromatic carbocycles. The minimum Gasteiger partial charge on any atom is -0.300 e. The first-order valence-corrected chi connectivity index (χ1v) is 6.34. The van der Waals surface area contributed by atoms with Crippen LogP contribution in [0.3, 0.4) is 0 Å². The molecule has 1 atom stereocenters. The Bertz CT molecular complexity index is 173. The zero-order chi connectivity index (χ0) is 10.4. The van der Waals surface area contributed by atoms with Crippen molar-refractivity contribution in [3.63, 3.8) is 0 Å². The lowest BCUT2D eigenvalue weighted by Gasteiger charge is -2.24. The third-order valence-electron chi connectivity index (χ3n) is 3.38. The SMILES string of the molecule is CC(=O)C(CCCl)CC1CCCCC1. The van der Waals surface area contributed by atoms with E-state index in [9.17, 15) is 4.79 Å². The van der Waals surface area contributed by atoms with Crippen LogP contribution in [0.1, 0.15) is 51.9 Å². The summed E-state index contributed by atoms with van der Waals surface area (Å²) < 4.78 is 0. The lowest BCUT2D eigenvalue weighted by atomic mass is 9.81. The van der Waals surface area contributed by atoms with Crippen LogP contribution in [0.25, 0.3) is 0 Å². The highest BCUT2D eigenvalue weighted by molar-refractivity contribution is 6.18. The summed E-state index contributed by atoms with van der Waals surface area (Å²) in [5.74, 6) is 1.98. The maximum Gasteiger partial charge on any atom is 0.132 e. The van der Waals surface area contributed by atoms with Crippen LogP contribution >= 0.6 is 11.6 Å². The van der Waals surface area contributed by atoms with Crippen LogP contribution in [-0.4, -0.2) is 11.7 Å². The van der Waals surface area contributed by atoms with Gasteiger partial charge in [-0.2, -0.15) is 0 Å². The van der Waals surface area contributed by atoms with Gasteiger partial charge in [0.15, 0.2) is 0 Å². The molecule has 1 rings (SSSR count). The Labute approximate surface area is 92.2 Å². The molecule has 1 nitrogen and oxygen atoms in total. The predicted molar refractivity (Wildman–Crippen MR) is 60.7 cm³/mol. The molecule has 0 bridgehead atoms. The third kappa shape index (κ3) is 4.00. The molecule has 14 heavy (non-hydrogen) atoms. The van der Waals surface area contributed by atoms with Gasteiger partial charge in [0, 0.05) is 11.8 Å². The molecular weight excluding hydrogens is 196 g/mol. The summed E-state index contributed by atoms with van der Waals surface area (Å²) in [4.78, 5) is 11.3. The Morgan fingerprint density at radius 3 is 2.50 bits per heavy atom. The van der Waals surface area contributed by atoms with Crippen LogP contribution in [-0.2, 0) is 4.79 Å². The Balaban J connectivity index is 2.33. The lowest BCUT2D eigenvalue weighted by Crippen LogP contribution is -2.18. The number of halogens is 1. The minimum absolute atomic E-state index is 0.232. The second-order valence-electron chi connectivity index (χ2n) is 4.52. The number of carbonyl (C=O) groups excluding carboxylic acids is 1. The number of hydrogen-bond donors (Lipinski definition) is 0. The summed E-state index contributed by atoms with van der Waals surface area (Å²) in [6, 6.07) is 0. The summed E-state index contributed by atoms with van der Waals surface area (Å²) in [7, 11) is 0. The van der Waals surface area contributed by atoms with Crippen LogP contribution in [0.4, 0.5) is 0 Å². The van der Waals surface area contributed by atoms with Crippen molar-refractivity contribution in [1.82, 2.24) is 0 Å². The summed E-state index contributed by atoms with van der Waals surface area (Å²) in [5, 5.41) is 0. The molecule has 0 heterocycles. The molecule has 0 radical (unpaired) electrons. The van der Waals surface area contributed by atoms with Gasteiger partial charge in [-0.05, 0) is 25.7 Å².